The molecule has 5 heteroatoms. The van der Waals surface area contributed by atoms with Gasteiger partial charge < -0.3 is 5.11 Å². The Labute approximate surface area is 116 Å². The van der Waals surface area contributed by atoms with Crippen LogP contribution in [0, 0.1) is 17.5 Å². The Bertz CT molecular complexity index is 581. The standard InChI is InChI=1S/C14H10BrF3O/c15-10-4-1-3-8(14(10)18)13(19)7-9-11(16)5-2-6-12(9)17/h1-6,13,19H,7H2. The zero-order valence-corrected chi connectivity index (χ0v) is 11.3. The summed E-state index contributed by atoms with van der Waals surface area (Å²) in [7, 11) is 0. The summed E-state index contributed by atoms with van der Waals surface area (Å²) in [5, 5.41) is 9.93. The van der Waals surface area contributed by atoms with Crippen LogP contribution in [0.25, 0.3) is 0 Å². The molecule has 1 N–H and O–H groups in total. The Morgan fingerprint density at radius 3 is 2.21 bits per heavy atom. The molecule has 2 aromatic rings. The molecule has 0 aliphatic heterocycles. The normalized spacial score (nSPS) is 12.5. The van der Waals surface area contributed by atoms with Crippen LogP contribution in [0.15, 0.2) is 40.9 Å². The van der Waals surface area contributed by atoms with Crippen LogP contribution in [-0.4, -0.2) is 5.11 Å². The van der Waals surface area contributed by atoms with Crippen LogP contribution in [0.3, 0.4) is 0 Å². The maximum Gasteiger partial charge on any atom is 0.143 e. The molecule has 0 heterocycles. The molecule has 0 radical (unpaired) electrons. The third-order valence-corrected chi connectivity index (χ3v) is 3.41. The van der Waals surface area contributed by atoms with Gasteiger partial charge in [0, 0.05) is 17.5 Å². The van der Waals surface area contributed by atoms with E-state index in [1.807, 2.05) is 0 Å². The Morgan fingerprint density at radius 2 is 1.58 bits per heavy atom. The number of rotatable bonds is 3. The predicted octanol–water partition coefficient (Wildman–Crippen LogP) is 4.14. The van der Waals surface area contributed by atoms with Crippen LogP contribution in [0.5, 0.6) is 0 Å². The van der Waals surface area contributed by atoms with Crippen molar-refractivity contribution in [3.8, 4) is 0 Å². The van der Waals surface area contributed by atoms with Crippen molar-refractivity contribution in [2.45, 2.75) is 12.5 Å². The molecule has 0 fully saturated rings. The highest BCUT2D eigenvalue weighted by Crippen LogP contribution is 2.27. The lowest BCUT2D eigenvalue weighted by Gasteiger charge is -2.13. The third-order valence-electron chi connectivity index (χ3n) is 2.80. The molecule has 1 nitrogen and oxygen atoms in total. The summed E-state index contributed by atoms with van der Waals surface area (Å²) in [4.78, 5) is 0. The van der Waals surface area contributed by atoms with Gasteiger partial charge in [-0.05, 0) is 34.1 Å². The van der Waals surface area contributed by atoms with E-state index in [9.17, 15) is 18.3 Å². The zero-order valence-electron chi connectivity index (χ0n) is 9.71. The summed E-state index contributed by atoms with van der Waals surface area (Å²) in [6, 6.07) is 7.84. The van der Waals surface area contributed by atoms with Gasteiger partial charge in [0.15, 0.2) is 0 Å². The first-order valence-corrected chi connectivity index (χ1v) is 6.35. The van der Waals surface area contributed by atoms with E-state index < -0.39 is 23.6 Å². The van der Waals surface area contributed by atoms with E-state index in [2.05, 4.69) is 15.9 Å². The van der Waals surface area contributed by atoms with Crippen molar-refractivity contribution in [1.29, 1.82) is 0 Å². The molecular weight excluding hydrogens is 321 g/mol. The van der Waals surface area contributed by atoms with Gasteiger partial charge >= 0.3 is 0 Å². The van der Waals surface area contributed by atoms with E-state index in [0.717, 1.165) is 12.1 Å². The highest BCUT2D eigenvalue weighted by Gasteiger charge is 2.19. The van der Waals surface area contributed by atoms with Gasteiger partial charge in [0.1, 0.15) is 17.5 Å². The minimum Gasteiger partial charge on any atom is -0.388 e. The second kappa shape index (κ2) is 5.75. The highest BCUT2D eigenvalue weighted by molar-refractivity contribution is 9.10. The third kappa shape index (κ3) is 2.98. The molecule has 1 atom stereocenters. The molecule has 0 bridgehead atoms. The largest absolute Gasteiger partial charge is 0.388 e. The fourth-order valence-corrected chi connectivity index (χ4v) is 2.19. The maximum absolute atomic E-state index is 13.8. The molecule has 0 aliphatic rings. The molecule has 0 amide bonds. The first kappa shape index (κ1) is 14.1. The fraction of sp³-hybridized carbons (Fsp3) is 0.143. The van der Waals surface area contributed by atoms with E-state index in [-0.39, 0.29) is 22.0 Å². The van der Waals surface area contributed by atoms with Crippen LogP contribution < -0.4 is 0 Å². The van der Waals surface area contributed by atoms with Gasteiger partial charge in [0.2, 0.25) is 0 Å². The summed E-state index contributed by atoms with van der Waals surface area (Å²) in [5.74, 6) is -2.14. The second-order valence-electron chi connectivity index (χ2n) is 4.06. The van der Waals surface area contributed by atoms with Gasteiger partial charge in [-0.25, -0.2) is 13.2 Å². The second-order valence-corrected chi connectivity index (χ2v) is 4.92. The molecule has 2 aromatic carbocycles. The molecule has 0 saturated carbocycles. The van der Waals surface area contributed by atoms with Crippen molar-refractivity contribution >= 4 is 15.9 Å². The molecule has 2 rings (SSSR count). The van der Waals surface area contributed by atoms with Crippen molar-refractivity contribution in [3.05, 3.63) is 69.4 Å². The molecule has 19 heavy (non-hydrogen) atoms. The number of aliphatic hydroxyl groups is 1. The number of hydrogen-bond acceptors (Lipinski definition) is 1. The van der Waals surface area contributed by atoms with Crippen LogP contribution >= 0.6 is 15.9 Å². The van der Waals surface area contributed by atoms with Crippen molar-refractivity contribution in [2.24, 2.45) is 0 Å². The average Bonchev–Trinajstić information content (AvgIpc) is 2.37. The van der Waals surface area contributed by atoms with Crippen LogP contribution in [0.2, 0.25) is 0 Å². The van der Waals surface area contributed by atoms with Crippen LogP contribution in [0.4, 0.5) is 13.2 Å². The van der Waals surface area contributed by atoms with Gasteiger partial charge in [-0.1, -0.05) is 18.2 Å². The van der Waals surface area contributed by atoms with Crippen LogP contribution in [-0.2, 0) is 6.42 Å². The molecule has 0 aliphatic carbocycles. The Balaban J connectivity index is 2.31. The minimum atomic E-state index is -1.32. The van der Waals surface area contributed by atoms with Crippen molar-refractivity contribution in [3.63, 3.8) is 0 Å². The fourth-order valence-electron chi connectivity index (χ4n) is 1.81. The van der Waals surface area contributed by atoms with Gasteiger partial charge in [-0.15, -0.1) is 0 Å². The van der Waals surface area contributed by atoms with Gasteiger partial charge in [-0.2, -0.15) is 0 Å². The summed E-state index contributed by atoms with van der Waals surface area (Å²) in [5.41, 5.74) is -0.258. The van der Waals surface area contributed by atoms with Gasteiger partial charge in [0.25, 0.3) is 0 Å². The smallest absolute Gasteiger partial charge is 0.143 e. The molecule has 0 aromatic heterocycles. The summed E-state index contributed by atoms with van der Waals surface area (Å²) in [6.07, 6.45) is -1.64. The van der Waals surface area contributed by atoms with Crippen molar-refractivity contribution < 1.29 is 18.3 Å². The first-order chi connectivity index (χ1) is 9.00. The number of halogens is 4. The van der Waals surface area contributed by atoms with Crippen molar-refractivity contribution in [2.75, 3.05) is 0 Å². The molecule has 0 saturated heterocycles. The Hall–Kier alpha value is -1.33. The summed E-state index contributed by atoms with van der Waals surface area (Å²) in [6.45, 7) is 0. The number of benzene rings is 2. The van der Waals surface area contributed by atoms with E-state index >= 15 is 0 Å². The van der Waals surface area contributed by atoms with Crippen LogP contribution in [0.1, 0.15) is 17.2 Å². The SMILES string of the molecule is OC(Cc1c(F)cccc1F)c1cccc(Br)c1F. The molecular formula is C14H10BrF3O. The lowest BCUT2D eigenvalue weighted by atomic mass is 10.0. The Morgan fingerprint density at radius 1 is 1.00 bits per heavy atom. The summed E-state index contributed by atoms with van der Waals surface area (Å²) < 4.78 is 40.9. The predicted molar refractivity (Wildman–Crippen MR) is 69.1 cm³/mol. The molecule has 0 spiro atoms. The Kier molecular flexibility index (Phi) is 4.27. The average molecular weight is 331 g/mol. The minimum absolute atomic E-state index is 0.00275. The number of hydrogen-bond donors (Lipinski definition) is 1. The first-order valence-electron chi connectivity index (χ1n) is 5.55. The maximum atomic E-state index is 13.8. The summed E-state index contributed by atoms with van der Waals surface area (Å²) >= 11 is 2.99. The van der Waals surface area contributed by atoms with E-state index in [4.69, 9.17) is 0 Å². The lowest BCUT2D eigenvalue weighted by Crippen LogP contribution is -2.07. The van der Waals surface area contributed by atoms with Gasteiger partial charge in [-0.3, -0.25) is 0 Å². The number of aliphatic hydroxyl groups excluding tert-OH is 1. The molecule has 100 valence electrons. The van der Waals surface area contributed by atoms with E-state index in [1.165, 1.54) is 18.2 Å². The zero-order chi connectivity index (χ0) is 14.0. The lowest BCUT2D eigenvalue weighted by molar-refractivity contribution is 0.170. The van der Waals surface area contributed by atoms with E-state index in [0.29, 0.717) is 0 Å². The monoisotopic (exact) mass is 330 g/mol. The van der Waals surface area contributed by atoms with Gasteiger partial charge in [0.05, 0.1) is 10.6 Å². The van der Waals surface area contributed by atoms with E-state index in [1.54, 1.807) is 6.07 Å². The quantitative estimate of drug-likeness (QED) is 0.896. The highest BCUT2D eigenvalue weighted by atomic mass is 79.9. The topological polar surface area (TPSA) is 20.2 Å². The molecule has 1 unspecified atom stereocenters. The van der Waals surface area contributed by atoms with Crippen molar-refractivity contribution in [1.82, 2.24) is 0 Å².